The number of aryl methyl sites for hydroxylation is 1. The predicted molar refractivity (Wildman–Crippen MR) is 345 cm³/mol. The molecule has 89 heavy (non-hydrogen) atoms. The summed E-state index contributed by atoms with van der Waals surface area (Å²) in [4.78, 5) is 33.2. The van der Waals surface area contributed by atoms with Crippen molar-refractivity contribution >= 4 is 86.0 Å². The van der Waals surface area contributed by atoms with Crippen LogP contribution in [0.15, 0.2) is 104 Å². The third-order valence-electron chi connectivity index (χ3n) is 17.1. The van der Waals surface area contributed by atoms with Crippen molar-refractivity contribution in [1.29, 1.82) is 0 Å². The highest BCUT2D eigenvalue weighted by Gasteiger charge is 2.36. The molecule has 3 fully saturated rings. The minimum atomic E-state index is -0.917. The molecule has 1 saturated carbocycles. The fourth-order valence-corrected chi connectivity index (χ4v) is 14.8. The Balaban J connectivity index is 0.000000123. The number of benzene rings is 2. The average molecular weight is 1260 g/mol. The molecule has 12 heterocycles. The van der Waals surface area contributed by atoms with Gasteiger partial charge in [0.25, 0.3) is 0 Å². The average Bonchev–Trinajstić information content (AvgIpc) is 2.93. The van der Waals surface area contributed by atoms with E-state index in [1.165, 1.54) is 28.7 Å². The van der Waals surface area contributed by atoms with Crippen molar-refractivity contribution in [3.05, 3.63) is 116 Å². The summed E-state index contributed by atoms with van der Waals surface area (Å²) >= 11 is 4.58. The van der Waals surface area contributed by atoms with Gasteiger partial charge in [-0.15, -0.1) is 20.4 Å². The van der Waals surface area contributed by atoms with E-state index in [-0.39, 0.29) is 29.4 Å². The second-order valence-corrected chi connectivity index (χ2v) is 26.2. The number of thiazole rings is 3. The standard InChI is InChI=1S/C22H25FN6S.C20H20FN7OS.C20H19FN6OS/c1-13-11-29-12-15(8-17(23)21(29)25-13)18-9-20-19(10-24-18)26-22(30-20)28(4)16-5-6-27(3)14(2)7-16;1-27-9-14(21)16(10-27)28(2)20-24-19-18(30-20)6-15(25-26-19)13-4-3-11(5-17(13)29)12-7-22-23-8-12;1-27(16-4-2-3-14(16)21)20-24-19-18(29-20)8-15(25-26-19)13-6-5-11(7-17(13)28)12-9-22-23-10-12/h8-12,14,16H,5-7H2,1-4H3;3-8,14,16,29H,9-10H2,1-2H3,(H,22,23);5-10,14,16,28H,2-4H2,1H3,(H,22,23)/t;2*14-,16-/m.00/s1. The minimum Gasteiger partial charge on any atom is -0.507 e. The Morgan fingerprint density at radius 2 is 1.20 bits per heavy atom. The molecule has 15 rings (SSSR count). The number of phenols is 2. The van der Waals surface area contributed by atoms with E-state index in [2.05, 4.69) is 91.5 Å². The van der Waals surface area contributed by atoms with Crippen molar-refractivity contribution < 1.29 is 23.4 Å². The molecule has 2 aliphatic heterocycles. The second kappa shape index (κ2) is 24.7. The Labute approximate surface area is 521 Å². The lowest BCUT2D eigenvalue weighted by Crippen LogP contribution is -2.46. The highest BCUT2D eigenvalue weighted by molar-refractivity contribution is 7.23. The molecule has 0 amide bonds. The van der Waals surface area contributed by atoms with Gasteiger partial charge in [0.1, 0.15) is 29.4 Å². The molecule has 2 aromatic carbocycles. The summed E-state index contributed by atoms with van der Waals surface area (Å²) in [5, 5.41) is 53.8. The normalized spacial score (nSPS) is 19.7. The summed E-state index contributed by atoms with van der Waals surface area (Å²) in [5.41, 5.74) is 10.3. The van der Waals surface area contributed by atoms with E-state index in [9.17, 15) is 23.4 Å². The summed E-state index contributed by atoms with van der Waals surface area (Å²) in [6, 6.07) is 18.7. The lowest BCUT2D eigenvalue weighted by atomic mass is 9.98. The van der Waals surface area contributed by atoms with Crippen LogP contribution >= 0.6 is 34.0 Å². The SMILES string of the molecule is CN(c1nc2nnc(-c3ccc(-c4cn[nH]c4)cc3O)cc2s1)[C@H]1CCC[C@@H]1F.CN1C[C@H](F)[C@@H](N(C)c2nc3nnc(-c4ccc(-c5cn[nH]c5)cc4O)cc3s2)C1.Cc1cn2cc(-c3cc4sc(N(C)C5CCN(C)C(C)C5)nc4cn3)cc(F)c2n1. The van der Waals surface area contributed by atoms with Crippen LogP contribution in [-0.4, -0.2) is 182 Å². The highest BCUT2D eigenvalue weighted by Crippen LogP contribution is 2.40. The summed E-state index contributed by atoms with van der Waals surface area (Å²) in [6.07, 6.45) is 15.3. The number of rotatable bonds is 11. The quantitative estimate of drug-likeness (QED) is 0.0942. The van der Waals surface area contributed by atoms with Crippen LogP contribution < -0.4 is 14.7 Å². The molecule has 0 radical (unpaired) electrons. The maximum Gasteiger partial charge on any atom is 0.194 e. The van der Waals surface area contributed by atoms with E-state index in [0.29, 0.717) is 76.2 Å². The van der Waals surface area contributed by atoms with Gasteiger partial charge in [0, 0.05) is 105 Å². The van der Waals surface area contributed by atoms with Crippen LogP contribution in [0, 0.1) is 12.7 Å². The number of nitrogens with one attached hydrogen (secondary N) is 2. The van der Waals surface area contributed by atoms with Gasteiger partial charge in [-0.05, 0) is 120 Å². The number of alkyl halides is 2. The van der Waals surface area contributed by atoms with Gasteiger partial charge in [0.15, 0.2) is 38.2 Å². The first-order valence-electron chi connectivity index (χ1n) is 29.2. The maximum atomic E-state index is 14.5. The highest BCUT2D eigenvalue weighted by atomic mass is 32.1. The molecule has 0 bridgehead atoms. The molecular weight excluding hydrogens is 1200 g/mol. The number of aromatic hydroxyl groups is 2. The number of fused-ring (bicyclic) bond motifs is 4. The smallest absolute Gasteiger partial charge is 0.194 e. The Hall–Kier alpha value is -8.76. The first-order valence-corrected chi connectivity index (χ1v) is 31.6. The monoisotopic (exact) mass is 1260 g/mol. The van der Waals surface area contributed by atoms with E-state index >= 15 is 0 Å². The van der Waals surface area contributed by atoms with Crippen LogP contribution in [0.3, 0.4) is 0 Å². The molecule has 27 heteroatoms. The minimum absolute atomic E-state index is 0.110. The number of H-pyrrole nitrogens is 2. The van der Waals surface area contributed by atoms with E-state index in [1.807, 2.05) is 97.6 Å². The molecule has 6 atom stereocenters. The van der Waals surface area contributed by atoms with Gasteiger partial charge in [-0.3, -0.25) is 15.2 Å². The number of aromatic nitrogens is 14. The zero-order valence-corrected chi connectivity index (χ0v) is 52.2. The van der Waals surface area contributed by atoms with Crippen LogP contribution in [0.2, 0.25) is 0 Å². The third kappa shape index (κ3) is 12.2. The van der Waals surface area contributed by atoms with Crippen molar-refractivity contribution in [2.45, 2.75) is 82.5 Å². The van der Waals surface area contributed by atoms with Crippen molar-refractivity contribution in [2.24, 2.45) is 0 Å². The van der Waals surface area contributed by atoms with Crippen molar-refractivity contribution in [1.82, 2.24) is 79.9 Å². The van der Waals surface area contributed by atoms with Crippen molar-refractivity contribution in [2.75, 3.05) is 69.6 Å². The fraction of sp³-hybridized carbons (Fsp3) is 0.339. The summed E-state index contributed by atoms with van der Waals surface area (Å²) in [5.74, 6) is -0.118. The van der Waals surface area contributed by atoms with E-state index in [0.717, 1.165) is 101 Å². The third-order valence-corrected chi connectivity index (χ3v) is 20.4. The Kier molecular flexibility index (Phi) is 16.4. The first kappa shape index (κ1) is 59.2. The number of likely N-dealkylation sites (N-methyl/N-ethyl adjacent to an activating group) is 2. The summed E-state index contributed by atoms with van der Waals surface area (Å²) in [6.45, 7) is 6.33. The zero-order valence-electron chi connectivity index (χ0n) is 49.8. The molecule has 3 aliphatic rings. The van der Waals surface area contributed by atoms with E-state index in [4.69, 9.17) is 4.98 Å². The molecule has 2 saturated heterocycles. The van der Waals surface area contributed by atoms with Crippen molar-refractivity contribution in [3.63, 3.8) is 0 Å². The predicted octanol–water partition coefficient (Wildman–Crippen LogP) is 11.5. The summed E-state index contributed by atoms with van der Waals surface area (Å²) < 4.78 is 47.4. The Morgan fingerprint density at radius 3 is 1.75 bits per heavy atom. The number of anilines is 3. The molecule has 4 N–H and O–H groups in total. The zero-order chi connectivity index (χ0) is 61.8. The maximum absolute atomic E-state index is 14.5. The molecule has 2 unspecified atom stereocenters. The molecule has 10 aromatic heterocycles. The number of likely N-dealkylation sites (tertiary alicyclic amines) is 2. The van der Waals surface area contributed by atoms with Gasteiger partial charge in [-0.2, -0.15) is 20.2 Å². The topological polar surface area (TPSA) is 234 Å². The van der Waals surface area contributed by atoms with Crippen LogP contribution in [0.4, 0.5) is 28.6 Å². The number of phenolic OH excluding ortho intramolecular Hbond substituents is 2. The number of nitrogens with zero attached hydrogens (tertiary/aromatic N) is 17. The molecule has 0 spiro atoms. The van der Waals surface area contributed by atoms with Gasteiger partial charge in [-0.1, -0.05) is 46.1 Å². The largest absolute Gasteiger partial charge is 0.507 e. The number of aromatic amines is 2. The van der Waals surface area contributed by atoms with Gasteiger partial charge in [0.2, 0.25) is 0 Å². The lowest BCUT2D eigenvalue weighted by molar-refractivity contribution is 0.181. The van der Waals surface area contributed by atoms with Crippen LogP contribution in [-0.2, 0) is 0 Å². The first-order chi connectivity index (χ1) is 43.0. The van der Waals surface area contributed by atoms with E-state index < -0.39 is 12.3 Å². The van der Waals surface area contributed by atoms with E-state index in [1.54, 1.807) is 58.9 Å². The Morgan fingerprint density at radius 1 is 0.607 bits per heavy atom. The molecule has 1 aliphatic carbocycles. The number of pyridine rings is 2. The van der Waals surface area contributed by atoms with Gasteiger partial charge in [0.05, 0.1) is 67.5 Å². The van der Waals surface area contributed by atoms with Crippen LogP contribution in [0.25, 0.3) is 92.6 Å². The summed E-state index contributed by atoms with van der Waals surface area (Å²) in [7, 11) is 10.00. The van der Waals surface area contributed by atoms with Crippen molar-refractivity contribution in [3.8, 4) is 67.5 Å². The van der Waals surface area contributed by atoms with Crippen LogP contribution in [0.1, 0.15) is 44.7 Å². The van der Waals surface area contributed by atoms with Gasteiger partial charge in [-0.25, -0.2) is 23.1 Å². The molecule has 21 nitrogen and oxygen atoms in total. The van der Waals surface area contributed by atoms with Gasteiger partial charge >= 0.3 is 0 Å². The lowest BCUT2D eigenvalue weighted by Gasteiger charge is -2.39. The number of hydrogen-bond donors (Lipinski definition) is 4. The van der Waals surface area contributed by atoms with Crippen LogP contribution in [0.5, 0.6) is 11.5 Å². The Bertz CT molecular complexity index is 4480. The fourth-order valence-electron chi connectivity index (χ4n) is 11.8. The number of piperidine rings is 1. The molecule has 12 aromatic rings. The van der Waals surface area contributed by atoms with Gasteiger partial charge < -0.3 is 39.1 Å². The number of halogens is 3. The number of hydrogen-bond acceptors (Lipinski definition) is 21. The molecule has 458 valence electrons. The second-order valence-electron chi connectivity index (χ2n) is 23.1. The number of imidazole rings is 1. The molecular formula is C62H64F3N19O2S3.